The summed E-state index contributed by atoms with van der Waals surface area (Å²) in [6.07, 6.45) is 19.2. The summed E-state index contributed by atoms with van der Waals surface area (Å²) in [6.45, 7) is 4.30. The average Bonchev–Trinajstić information content (AvgIpc) is 3.76. The molecule has 1 aliphatic heterocycles. The van der Waals surface area contributed by atoms with Crippen LogP contribution in [0.25, 0.3) is 0 Å². The second kappa shape index (κ2) is 14.2. The number of carbonyl (C=O) groups is 3. The van der Waals surface area contributed by atoms with Crippen LogP contribution in [-0.4, -0.2) is 55.4 Å². The van der Waals surface area contributed by atoms with E-state index in [9.17, 15) is 24.6 Å². The fourth-order valence-electron chi connectivity index (χ4n) is 13.7. The van der Waals surface area contributed by atoms with Gasteiger partial charge in [-0.15, -0.1) is 23.5 Å². The topological polar surface area (TPSA) is 91.7 Å². The normalized spacial score (nSPS) is 45.8. The second-order valence-corrected chi connectivity index (χ2v) is 20.1. The lowest BCUT2D eigenvalue weighted by atomic mass is 9.50. The largest absolute Gasteiger partial charge is 0.393 e. The maximum atomic E-state index is 12.7. The Morgan fingerprint density at radius 3 is 1.71 bits per heavy atom. The Labute approximate surface area is 305 Å². The molecule has 0 aromatic carbocycles. The van der Waals surface area contributed by atoms with Crippen molar-refractivity contribution >= 4 is 40.9 Å². The second-order valence-electron chi connectivity index (χ2n) is 17.0. The highest BCUT2D eigenvalue weighted by Crippen LogP contribution is 2.65. The Morgan fingerprint density at radius 2 is 1.18 bits per heavy atom. The van der Waals surface area contributed by atoms with Gasteiger partial charge in [-0.3, -0.25) is 14.4 Å². The molecule has 0 bridgehead atoms. The molecule has 7 fully saturated rings. The maximum absolute atomic E-state index is 12.7. The van der Waals surface area contributed by atoms with Gasteiger partial charge in [0.2, 0.25) is 0 Å². The van der Waals surface area contributed by atoms with Crippen LogP contribution >= 0.6 is 23.5 Å². The highest BCUT2D eigenvalue weighted by atomic mass is 32.2. The summed E-state index contributed by atoms with van der Waals surface area (Å²) >= 11 is 4.30. The average molecular weight is 713 g/mol. The van der Waals surface area contributed by atoms with Gasteiger partial charge in [0.15, 0.2) is 5.78 Å². The smallest absolute Gasteiger partial charge is 0.155 e. The first-order valence-corrected chi connectivity index (χ1v) is 21.3. The van der Waals surface area contributed by atoms with E-state index in [0.717, 1.165) is 57.8 Å². The van der Waals surface area contributed by atoms with Crippen molar-refractivity contribution in [1.82, 2.24) is 0 Å². The molecule has 0 radical (unpaired) electrons. The molecule has 2 N–H and O–H groups in total. The van der Waals surface area contributed by atoms with Crippen LogP contribution in [0, 0.1) is 58.2 Å². The number of Topliss-reactive ketones (excluding diaryl/α,β-unsaturated/α-hetero) is 2. The molecular formula is C42H64O5S2. The van der Waals surface area contributed by atoms with E-state index in [-0.39, 0.29) is 49.6 Å². The van der Waals surface area contributed by atoms with Gasteiger partial charge in [-0.25, -0.2) is 0 Å². The molecule has 274 valence electrons. The van der Waals surface area contributed by atoms with Gasteiger partial charge < -0.3 is 10.2 Å². The molecule has 9 rings (SSSR count). The minimum absolute atomic E-state index is 0. The molecule has 1 heterocycles. The lowest BCUT2D eigenvalue weighted by Gasteiger charge is -2.55. The molecule has 6 saturated carbocycles. The van der Waals surface area contributed by atoms with Crippen molar-refractivity contribution in [3.05, 3.63) is 23.3 Å². The van der Waals surface area contributed by atoms with E-state index in [2.05, 4.69) is 43.4 Å². The fraction of sp³-hybridized carbons (Fsp3) is 0.833. The Balaban J connectivity index is 0.000000165. The van der Waals surface area contributed by atoms with Gasteiger partial charge in [-0.1, -0.05) is 45.9 Å². The quantitative estimate of drug-likeness (QED) is 0.276. The van der Waals surface area contributed by atoms with Gasteiger partial charge in [-0.05, 0) is 137 Å². The minimum atomic E-state index is -0.370. The molecule has 8 unspecified atom stereocenters. The lowest BCUT2D eigenvalue weighted by Crippen LogP contribution is -2.54. The number of aliphatic hydroxyl groups is 2. The minimum Gasteiger partial charge on any atom is -0.393 e. The number of ketones is 3. The summed E-state index contributed by atoms with van der Waals surface area (Å²) in [5.41, 5.74) is 2.51. The SMILES string of the molecule is C.C.CC[C@]12C[C@@H](O)C3C4CCC(=O)C=C4CCC3C1CCC2=O.CC[C@]12C[C@@H](O)C3C4CCC5(C=C4CCC3C1CCC2=O)SCCS5. The summed E-state index contributed by atoms with van der Waals surface area (Å²) in [5.74, 6) is 7.45. The van der Waals surface area contributed by atoms with E-state index >= 15 is 0 Å². The van der Waals surface area contributed by atoms with Crippen molar-refractivity contribution in [3.63, 3.8) is 0 Å². The Bertz CT molecular complexity index is 1360. The number of aliphatic hydroxyl groups excluding tert-OH is 2. The van der Waals surface area contributed by atoms with Crippen LogP contribution in [-0.2, 0) is 14.4 Å². The van der Waals surface area contributed by atoms with Crippen LogP contribution in [0.2, 0.25) is 0 Å². The van der Waals surface area contributed by atoms with Crippen LogP contribution in [0.1, 0.15) is 131 Å². The third kappa shape index (κ3) is 5.84. The highest BCUT2D eigenvalue weighted by molar-refractivity contribution is 8.21. The predicted octanol–water partition coefficient (Wildman–Crippen LogP) is 9.00. The van der Waals surface area contributed by atoms with E-state index in [0.29, 0.717) is 76.3 Å². The number of carbonyl (C=O) groups excluding carboxylic acids is 3. The van der Waals surface area contributed by atoms with Gasteiger partial charge in [0.1, 0.15) is 11.6 Å². The number of allylic oxidation sites excluding steroid dienone is 2. The van der Waals surface area contributed by atoms with Crippen LogP contribution in [0.5, 0.6) is 0 Å². The molecule has 12 atom stereocenters. The standard InChI is InChI=1S/C21H30O2S2.C19H26O3.2CH4/c1-2-20-12-17(22)19-14-7-8-21(24-9-10-25-21)11-13(14)3-4-15(19)16(20)5-6-18(20)23;1-2-19-10-16(21)18-13-6-4-12(20)9-11(13)3-5-14(18)15(19)7-8-17(19)22;;/h11,14-17,19,22H,2-10,12H2,1H3;9,13-16,18,21H,2-8,10H2,1H3;2*1H4/t14?,15?,16?,17-,19?,20+;13?,14?,15?,16-,18?,19+;;/m11../s1. The van der Waals surface area contributed by atoms with Crippen molar-refractivity contribution < 1.29 is 24.6 Å². The Kier molecular flexibility index (Phi) is 10.9. The van der Waals surface area contributed by atoms with E-state index in [1.807, 2.05) is 6.08 Å². The summed E-state index contributed by atoms with van der Waals surface area (Å²) in [4.78, 5) is 36.9. The van der Waals surface area contributed by atoms with Crippen molar-refractivity contribution in [1.29, 1.82) is 0 Å². The zero-order valence-electron chi connectivity index (χ0n) is 28.6. The third-order valence-corrected chi connectivity index (χ3v) is 19.1. The lowest BCUT2D eigenvalue weighted by molar-refractivity contribution is -0.143. The van der Waals surface area contributed by atoms with Gasteiger partial charge in [0, 0.05) is 41.6 Å². The summed E-state index contributed by atoms with van der Waals surface area (Å²) in [6, 6.07) is 0. The molecule has 0 aromatic rings. The predicted molar refractivity (Wildman–Crippen MR) is 202 cm³/mol. The van der Waals surface area contributed by atoms with Gasteiger partial charge in [0.05, 0.1) is 16.3 Å². The first-order chi connectivity index (χ1) is 22.6. The highest BCUT2D eigenvalue weighted by Gasteiger charge is 2.62. The Morgan fingerprint density at radius 1 is 0.673 bits per heavy atom. The van der Waals surface area contributed by atoms with Gasteiger partial charge >= 0.3 is 0 Å². The van der Waals surface area contributed by atoms with Crippen molar-refractivity contribution in [2.75, 3.05) is 11.5 Å². The number of thioether (sulfide) groups is 2. The first-order valence-electron chi connectivity index (χ1n) is 19.3. The molecule has 7 heteroatoms. The number of hydrogen-bond donors (Lipinski definition) is 2. The van der Waals surface area contributed by atoms with Crippen LogP contribution in [0.15, 0.2) is 23.3 Å². The van der Waals surface area contributed by atoms with E-state index in [1.165, 1.54) is 42.8 Å². The summed E-state index contributed by atoms with van der Waals surface area (Å²) in [7, 11) is 0. The fourth-order valence-corrected chi connectivity index (χ4v) is 16.9. The van der Waals surface area contributed by atoms with E-state index in [4.69, 9.17) is 0 Å². The van der Waals surface area contributed by atoms with Crippen molar-refractivity contribution in [2.45, 2.75) is 148 Å². The molecule has 1 spiro atoms. The number of fused-ring (bicyclic) bond motifs is 10. The third-order valence-electron chi connectivity index (χ3n) is 15.7. The monoisotopic (exact) mass is 712 g/mol. The summed E-state index contributed by atoms with van der Waals surface area (Å²) < 4.78 is 0.356. The number of hydrogen-bond acceptors (Lipinski definition) is 7. The molecule has 0 amide bonds. The molecule has 8 aliphatic carbocycles. The molecule has 1 saturated heterocycles. The maximum Gasteiger partial charge on any atom is 0.155 e. The van der Waals surface area contributed by atoms with Gasteiger partial charge in [-0.2, -0.15) is 0 Å². The molecule has 5 nitrogen and oxygen atoms in total. The molecule has 49 heavy (non-hydrogen) atoms. The zero-order valence-corrected chi connectivity index (χ0v) is 30.2. The van der Waals surface area contributed by atoms with Crippen LogP contribution < -0.4 is 0 Å². The van der Waals surface area contributed by atoms with Gasteiger partial charge in [0.25, 0.3) is 0 Å². The number of rotatable bonds is 2. The zero-order chi connectivity index (χ0) is 32.7. The Hall–Kier alpha value is -0.890. The van der Waals surface area contributed by atoms with Crippen LogP contribution in [0.4, 0.5) is 0 Å². The molecular weight excluding hydrogens is 649 g/mol. The van der Waals surface area contributed by atoms with Crippen molar-refractivity contribution in [3.8, 4) is 0 Å². The first kappa shape index (κ1) is 37.9. The van der Waals surface area contributed by atoms with E-state index in [1.54, 1.807) is 5.57 Å². The molecule has 0 aromatic heterocycles. The molecule has 9 aliphatic rings. The van der Waals surface area contributed by atoms with Crippen LogP contribution in [0.3, 0.4) is 0 Å². The van der Waals surface area contributed by atoms with Crippen molar-refractivity contribution in [2.24, 2.45) is 58.2 Å². The summed E-state index contributed by atoms with van der Waals surface area (Å²) in [5, 5.41) is 22.1. The van der Waals surface area contributed by atoms with E-state index < -0.39 is 0 Å².